The van der Waals surface area contributed by atoms with E-state index in [4.69, 9.17) is 4.74 Å². The van der Waals surface area contributed by atoms with E-state index >= 15 is 4.39 Å². The van der Waals surface area contributed by atoms with Crippen molar-refractivity contribution in [1.29, 1.82) is 0 Å². The Hall–Kier alpha value is -3.49. The van der Waals surface area contributed by atoms with E-state index in [1.807, 2.05) is 30.3 Å². The molecule has 2 N–H and O–H groups in total. The topological polar surface area (TPSA) is 101 Å². The number of hydrogen-bond acceptors (Lipinski definition) is 5. The van der Waals surface area contributed by atoms with Crippen molar-refractivity contribution in [3.63, 3.8) is 0 Å². The van der Waals surface area contributed by atoms with Gasteiger partial charge in [0.05, 0.1) is 6.54 Å². The molecule has 0 radical (unpaired) electrons. The van der Waals surface area contributed by atoms with Crippen LogP contribution in [0.2, 0.25) is 0 Å². The van der Waals surface area contributed by atoms with Crippen molar-refractivity contribution in [2.24, 2.45) is 0 Å². The van der Waals surface area contributed by atoms with Gasteiger partial charge in [0.25, 0.3) is 11.8 Å². The summed E-state index contributed by atoms with van der Waals surface area (Å²) in [7, 11) is 1.50. The zero-order valence-corrected chi connectivity index (χ0v) is 21.4. The maximum atomic E-state index is 15.5. The molecule has 194 valence electrons. The van der Waals surface area contributed by atoms with E-state index in [1.54, 1.807) is 26.8 Å². The number of likely N-dealkylation sites (tertiary alicyclic amines) is 1. The van der Waals surface area contributed by atoms with Crippen LogP contribution in [0.15, 0.2) is 42.5 Å². The summed E-state index contributed by atoms with van der Waals surface area (Å²) in [6, 6.07) is 12.7. The molecule has 0 saturated carbocycles. The van der Waals surface area contributed by atoms with Gasteiger partial charge < -0.3 is 20.3 Å². The lowest BCUT2D eigenvalue weighted by Crippen LogP contribution is -2.50. The maximum absolute atomic E-state index is 15.5. The third-order valence-electron chi connectivity index (χ3n) is 5.87. The van der Waals surface area contributed by atoms with Crippen LogP contribution < -0.4 is 10.6 Å². The summed E-state index contributed by atoms with van der Waals surface area (Å²) in [4.78, 5) is 43.3. The molecule has 1 aliphatic rings. The number of carbonyl (C=O) groups excluding carboxylic acids is 3. The molecule has 3 rings (SSSR count). The van der Waals surface area contributed by atoms with E-state index < -0.39 is 29.2 Å². The van der Waals surface area contributed by atoms with E-state index in [1.165, 1.54) is 18.0 Å². The van der Waals surface area contributed by atoms with E-state index in [0.717, 1.165) is 5.56 Å². The minimum Gasteiger partial charge on any atom is -0.444 e. The average molecular weight is 499 g/mol. The highest BCUT2D eigenvalue weighted by Gasteiger charge is 2.38. The first-order valence-corrected chi connectivity index (χ1v) is 12.2. The number of carbonyl (C=O) groups is 3. The highest BCUT2D eigenvalue weighted by molar-refractivity contribution is 5.98. The lowest BCUT2D eigenvalue weighted by atomic mass is 9.91. The Kier molecular flexibility index (Phi) is 8.66. The van der Waals surface area contributed by atoms with Crippen LogP contribution in [0.4, 0.5) is 9.18 Å². The SMILES string of the molecule is CNC(=O)c1cc(C(=O)NCC[C@]2(F)CCCN(C(=O)OC(C)(C)C)C2)cc(Cc2ccccc2)n1. The normalized spacial score (nSPS) is 17.9. The third kappa shape index (κ3) is 7.76. The van der Waals surface area contributed by atoms with Gasteiger partial charge in [0.15, 0.2) is 0 Å². The van der Waals surface area contributed by atoms with Crippen molar-refractivity contribution >= 4 is 17.9 Å². The van der Waals surface area contributed by atoms with E-state index in [0.29, 0.717) is 31.5 Å². The largest absolute Gasteiger partial charge is 0.444 e. The van der Waals surface area contributed by atoms with Crippen LogP contribution in [-0.2, 0) is 11.2 Å². The van der Waals surface area contributed by atoms with E-state index in [-0.39, 0.29) is 30.8 Å². The lowest BCUT2D eigenvalue weighted by Gasteiger charge is -2.38. The van der Waals surface area contributed by atoms with Gasteiger partial charge in [-0.05, 0) is 51.3 Å². The highest BCUT2D eigenvalue weighted by Crippen LogP contribution is 2.29. The van der Waals surface area contributed by atoms with E-state index in [9.17, 15) is 14.4 Å². The molecule has 1 atom stereocenters. The first-order chi connectivity index (χ1) is 17.0. The molecule has 0 bridgehead atoms. The summed E-state index contributed by atoms with van der Waals surface area (Å²) < 4.78 is 20.9. The summed E-state index contributed by atoms with van der Waals surface area (Å²) >= 11 is 0. The average Bonchev–Trinajstić information content (AvgIpc) is 2.82. The number of nitrogens with zero attached hydrogens (tertiary/aromatic N) is 2. The van der Waals surface area contributed by atoms with Crippen molar-refractivity contribution in [3.05, 3.63) is 65.0 Å². The first-order valence-electron chi connectivity index (χ1n) is 12.2. The van der Waals surface area contributed by atoms with Gasteiger partial charge in [0, 0.05) is 44.2 Å². The number of benzene rings is 1. The van der Waals surface area contributed by atoms with Crippen LogP contribution in [0.25, 0.3) is 0 Å². The molecule has 1 aromatic heterocycles. The van der Waals surface area contributed by atoms with Gasteiger partial charge in [-0.1, -0.05) is 30.3 Å². The number of aromatic nitrogens is 1. The molecule has 1 fully saturated rings. The Bertz CT molecular complexity index is 1090. The maximum Gasteiger partial charge on any atom is 0.410 e. The zero-order valence-electron chi connectivity index (χ0n) is 21.4. The van der Waals surface area contributed by atoms with Gasteiger partial charge in [-0.2, -0.15) is 0 Å². The molecule has 1 aromatic carbocycles. The summed E-state index contributed by atoms with van der Waals surface area (Å²) in [5.41, 5.74) is -0.281. The minimum absolute atomic E-state index is 0.0578. The van der Waals surface area contributed by atoms with Gasteiger partial charge in [-0.25, -0.2) is 14.2 Å². The van der Waals surface area contributed by atoms with Crippen molar-refractivity contribution in [3.8, 4) is 0 Å². The molecular formula is C27H35FN4O4. The Morgan fingerprint density at radius 2 is 1.86 bits per heavy atom. The number of hydrogen-bond donors (Lipinski definition) is 2. The number of amides is 3. The molecule has 2 heterocycles. The van der Waals surface area contributed by atoms with Crippen molar-refractivity contribution in [2.75, 3.05) is 26.7 Å². The second kappa shape index (κ2) is 11.5. The van der Waals surface area contributed by atoms with Crippen LogP contribution in [0.5, 0.6) is 0 Å². The first kappa shape index (κ1) is 27.1. The van der Waals surface area contributed by atoms with Crippen LogP contribution in [0, 0.1) is 0 Å². The summed E-state index contributed by atoms with van der Waals surface area (Å²) in [5, 5.41) is 5.29. The molecule has 0 unspecified atom stereocenters. The molecule has 1 saturated heterocycles. The molecule has 36 heavy (non-hydrogen) atoms. The van der Waals surface area contributed by atoms with E-state index in [2.05, 4.69) is 15.6 Å². The molecule has 0 aliphatic carbocycles. The smallest absolute Gasteiger partial charge is 0.410 e. The highest BCUT2D eigenvalue weighted by atomic mass is 19.1. The monoisotopic (exact) mass is 498 g/mol. The Morgan fingerprint density at radius 1 is 1.14 bits per heavy atom. The van der Waals surface area contributed by atoms with Gasteiger partial charge in [-0.3, -0.25) is 9.59 Å². The van der Waals surface area contributed by atoms with Crippen LogP contribution in [-0.4, -0.2) is 65.7 Å². The second-order valence-corrected chi connectivity index (χ2v) is 10.1. The summed E-state index contributed by atoms with van der Waals surface area (Å²) in [6.45, 7) is 5.77. The standard InChI is InChI=1S/C27H35FN4O4/c1-26(2,3)36-25(35)32-14-8-11-27(28,18-32)12-13-30-23(33)20-16-21(15-19-9-6-5-7-10-19)31-22(17-20)24(34)29-4/h5-7,9-10,16-17H,8,11-15,18H2,1-4H3,(H,29,34)(H,30,33)/t27-/m1/s1. The second-order valence-electron chi connectivity index (χ2n) is 10.1. The number of rotatable bonds is 7. The van der Waals surface area contributed by atoms with Gasteiger partial charge in [-0.15, -0.1) is 0 Å². The molecule has 1 aliphatic heterocycles. The Morgan fingerprint density at radius 3 is 2.53 bits per heavy atom. The van der Waals surface area contributed by atoms with Crippen LogP contribution in [0.3, 0.4) is 0 Å². The van der Waals surface area contributed by atoms with Gasteiger partial charge in [0.1, 0.15) is 17.0 Å². The Labute approximate surface area is 211 Å². The number of pyridine rings is 1. The molecule has 9 heteroatoms. The van der Waals surface area contributed by atoms with Crippen LogP contribution >= 0.6 is 0 Å². The summed E-state index contributed by atoms with van der Waals surface area (Å²) in [5.74, 6) is -0.814. The predicted molar refractivity (Wildman–Crippen MR) is 135 cm³/mol. The quantitative estimate of drug-likeness (QED) is 0.603. The fourth-order valence-corrected chi connectivity index (χ4v) is 4.13. The van der Waals surface area contributed by atoms with Crippen molar-refractivity contribution in [2.45, 2.75) is 57.7 Å². The third-order valence-corrected chi connectivity index (χ3v) is 5.87. The molecular weight excluding hydrogens is 463 g/mol. The summed E-state index contributed by atoms with van der Waals surface area (Å²) in [6.07, 6.45) is 0.812. The Balaban J connectivity index is 1.64. The number of ether oxygens (including phenoxy) is 1. The fraction of sp³-hybridized carbons (Fsp3) is 0.481. The molecule has 3 amide bonds. The molecule has 0 spiro atoms. The van der Waals surface area contributed by atoms with Gasteiger partial charge >= 0.3 is 6.09 Å². The predicted octanol–water partition coefficient (Wildman–Crippen LogP) is 3.89. The number of halogens is 1. The molecule has 8 nitrogen and oxygen atoms in total. The van der Waals surface area contributed by atoms with Crippen molar-refractivity contribution in [1.82, 2.24) is 20.5 Å². The number of piperidine rings is 1. The molecule has 2 aromatic rings. The lowest BCUT2D eigenvalue weighted by molar-refractivity contribution is -0.00740. The fourth-order valence-electron chi connectivity index (χ4n) is 4.13. The van der Waals surface area contributed by atoms with Gasteiger partial charge in [0.2, 0.25) is 0 Å². The minimum atomic E-state index is -1.62. The number of alkyl halides is 1. The zero-order chi connectivity index (χ0) is 26.3. The number of nitrogens with one attached hydrogen (secondary N) is 2. The van der Waals surface area contributed by atoms with Crippen molar-refractivity contribution < 1.29 is 23.5 Å². The van der Waals surface area contributed by atoms with Crippen LogP contribution in [0.1, 0.15) is 72.1 Å².